The van der Waals surface area contributed by atoms with E-state index in [2.05, 4.69) is 5.32 Å². The van der Waals surface area contributed by atoms with Crippen LogP contribution in [0.1, 0.15) is 11.1 Å². The molecule has 2 aromatic carbocycles. The van der Waals surface area contributed by atoms with E-state index in [0.717, 1.165) is 5.69 Å². The highest BCUT2D eigenvalue weighted by Crippen LogP contribution is 2.28. The first kappa shape index (κ1) is 11.3. The number of aromatic hydroxyl groups is 2. The van der Waals surface area contributed by atoms with Crippen molar-refractivity contribution in [2.75, 3.05) is 5.32 Å². The van der Waals surface area contributed by atoms with E-state index in [1.165, 1.54) is 11.6 Å². The van der Waals surface area contributed by atoms with Gasteiger partial charge in [-0.25, -0.2) is 0 Å². The molecule has 0 atom stereocenters. The summed E-state index contributed by atoms with van der Waals surface area (Å²) < 4.78 is 0. The van der Waals surface area contributed by atoms with Gasteiger partial charge < -0.3 is 15.5 Å². The Kier molecular flexibility index (Phi) is 3.19. The summed E-state index contributed by atoms with van der Waals surface area (Å²) in [5.74, 6) is -0.152. The van der Waals surface area contributed by atoms with Gasteiger partial charge in [-0.3, -0.25) is 0 Å². The lowest BCUT2D eigenvalue weighted by Gasteiger charge is -2.09. The third-order valence-electron chi connectivity index (χ3n) is 2.63. The quantitative estimate of drug-likeness (QED) is 0.709. The highest BCUT2D eigenvalue weighted by Gasteiger charge is 2.04. The molecule has 2 aromatic rings. The Morgan fingerprint density at radius 1 is 1.00 bits per heavy atom. The van der Waals surface area contributed by atoms with Crippen molar-refractivity contribution in [1.29, 1.82) is 0 Å². The van der Waals surface area contributed by atoms with Crippen LogP contribution in [-0.4, -0.2) is 10.2 Å². The summed E-state index contributed by atoms with van der Waals surface area (Å²) >= 11 is 0. The number of nitrogens with one attached hydrogen (secondary N) is 1. The molecule has 0 amide bonds. The van der Waals surface area contributed by atoms with Gasteiger partial charge in [0.25, 0.3) is 0 Å². The van der Waals surface area contributed by atoms with E-state index in [-0.39, 0.29) is 11.5 Å². The molecule has 0 aliphatic carbocycles. The molecule has 17 heavy (non-hydrogen) atoms. The fourth-order valence-corrected chi connectivity index (χ4v) is 1.59. The first-order valence-electron chi connectivity index (χ1n) is 5.47. The average molecular weight is 229 g/mol. The van der Waals surface area contributed by atoms with Crippen molar-refractivity contribution in [3.05, 3.63) is 53.6 Å². The zero-order chi connectivity index (χ0) is 12.3. The maximum Gasteiger partial charge on any atom is 0.162 e. The molecule has 0 radical (unpaired) electrons. The van der Waals surface area contributed by atoms with Crippen molar-refractivity contribution in [3.63, 3.8) is 0 Å². The molecule has 0 bridgehead atoms. The Bertz CT molecular complexity index is 506. The van der Waals surface area contributed by atoms with Crippen molar-refractivity contribution >= 4 is 5.69 Å². The second kappa shape index (κ2) is 4.78. The molecule has 0 fully saturated rings. The molecule has 0 unspecified atom stereocenters. The number of hydrogen-bond acceptors (Lipinski definition) is 3. The standard InChI is InChI=1S/C14H15NO2/c1-10-5-7-12(8-6-10)15-9-11-3-2-4-13(16)14(11)17/h2-8,15-17H,9H2,1H3. The summed E-state index contributed by atoms with van der Waals surface area (Å²) in [6, 6.07) is 12.9. The largest absolute Gasteiger partial charge is 0.504 e. The summed E-state index contributed by atoms with van der Waals surface area (Å²) in [5, 5.41) is 22.2. The molecule has 0 saturated carbocycles. The zero-order valence-corrected chi connectivity index (χ0v) is 9.64. The fourth-order valence-electron chi connectivity index (χ4n) is 1.59. The number of rotatable bonds is 3. The maximum atomic E-state index is 9.63. The van der Waals surface area contributed by atoms with Gasteiger partial charge in [-0.15, -0.1) is 0 Å². The molecule has 0 heterocycles. The highest BCUT2D eigenvalue weighted by molar-refractivity contribution is 5.49. The molecular formula is C14H15NO2. The number of phenolic OH excluding ortho intramolecular Hbond substituents is 2. The van der Waals surface area contributed by atoms with Crippen molar-refractivity contribution in [1.82, 2.24) is 0 Å². The van der Waals surface area contributed by atoms with Crippen molar-refractivity contribution in [2.24, 2.45) is 0 Å². The van der Waals surface area contributed by atoms with E-state index < -0.39 is 0 Å². The van der Waals surface area contributed by atoms with Crippen LogP contribution in [-0.2, 0) is 6.54 Å². The van der Waals surface area contributed by atoms with Crippen LogP contribution in [0.4, 0.5) is 5.69 Å². The van der Waals surface area contributed by atoms with Gasteiger partial charge in [0.15, 0.2) is 11.5 Å². The molecule has 3 nitrogen and oxygen atoms in total. The molecule has 0 spiro atoms. The lowest BCUT2D eigenvalue weighted by molar-refractivity contribution is 0.400. The summed E-state index contributed by atoms with van der Waals surface area (Å²) in [6.07, 6.45) is 0. The predicted molar refractivity (Wildman–Crippen MR) is 68.3 cm³/mol. The molecule has 0 aliphatic heterocycles. The number of benzene rings is 2. The Morgan fingerprint density at radius 3 is 2.41 bits per heavy atom. The van der Waals surface area contributed by atoms with Gasteiger partial charge in [-0.1, -0.05) is 29.8 Å². The molecule has 3 heteroatoms. The minimum Gasteiger partial charge on any atom is -0.504 e. The normalized spacial score (nSPS) is 10.2. The third kappa shape index (κ3) is 2.69. The zero-order valence-electron chi connectivity index (χ0n) is 9.64. The SMILES string of the molecule is Cc1ccc(NCc2cccc(O)c2O)cc1. The van der Waals surface area contributed by atoms with Crippen LogP contribution in [0.15, 0.2) is 42.5 Å². The topological polar surface area (TPSA) is 52.5 Å². The van der Waals surface area contributed by atoms with E-state index in [1.54, 1.807) is 12.1 Å². The number of para-hydroxylation sites is 1. The van der Waals surface area contributed by atoms with Crippen LogP contribution in [0.3, 0.4) is 0 Å². The van der Waals surface area contributed by atoms with Gasteiger partial charge in [0.1, 0.15) is 0 Å². The summed E-state index contributed by atoms with van der Waals surface area (Å²) in [4.78, 5) is 0. The van der Waals surface area contributed by atoms with Gasteiger partial charge >= 0.3 is 0 Å². The van der Waals surface area contributed by atoms with Gasteiger partial charge in [0.05, 0.1) is 0 Å². The molecular weight excluding hydrogens is 214 g/mol. The number of aryl methyl sites for hydroxylation is 1. The van der Waals surface area contributed by atoms with Crippen LogP contribution in [0.25, 0.3) is 0 Å². The molecule has 0 saturated heterocycles. The van der Waals surface area contributed by atoms with Gasteiger partial charge in [-0.05, 0) is 25.1 Å². The average Bonchev–Trinajstić information content (AvgIpc) is 2.33. The lowest BCUT2D eigenvalue weighted by atomic mass is 10.1. The Labute approximate surface area is 100 Å². The van der Waals surface area contributed by atoms with Crippen LogP contribution in [0.5, 0.6) is 11.5 Å². The highest BCUT2D eigenvalue weighted by atomic mass is 16.3. The van der Waals surface area contributed by atoms with E-state index in [0.29, 0.717) is 12.1 Å². The Balaban J connectivity index is 2.07. The van der Waals surface area contributed by atoms with Gasteiger partial charge in [0.2, 0.25) is 0 Å². The number of phenols is 2. The first-order valence-corrected chi connectivity index (χ1v) is 5.47. The first-order chi connectivity index (χ1) is 8.16. The van der Waals surface area contributed by atoms with Crippen LogP contribution >= 0.6 is 0 Å². The van der Waals surface area contributed by atoms with Gasteiger partial charge in [-0.2, -0.15) is 0 Å². The maximum absolute atomic E-state index is 9.63. The van der Waals surface area contributed by atoms with Crippen molar-refractivity contribution in [3.8, 4) is 11.5 Å². The summed E-state index contributed by atoms with van der Waals surface area (Å²) in [6.45, 7) is 2.51. The third-order valence-corrected chi connectivity index (χ3v) is 2.63. The number of hydrogen-bond donors (Lipinski definition) is 3. The minimum absolute atomic E-state index is 0.0629. The minimum atomic E-state index is -0.0896. The Morgan fingerprint density at radius 2 is 1.71 bits per heavy atom. The summed E-state index contributed by atoms with van der Waals surface area (Å²) in [7, 11) is 0. The second-order valence-corrected chi connectivity index (χ2v) is 4.00. The van der Waals surface area contributed by atoms with Crippen LogP contribution < -0.4 is 5.32 Å². The van der Waals surface area contributed by atoms with E-state index in [1.807, 2.05) is 31.2 Å². The molecule has 0 aliphatic rings. The molecule has 0 aromatic heterocycles. The lowest BCUT2D eigenvalue weighted by Crippen LogP contribution is -1.99. The van der Waals surface area contributed by atoms with Crippen LogP contribution in [0, 0.1) is 6.92 Å². The smallest absolute Gasteiger partial charge is 0.162 e. The summed E-state index contributed by atoms with van der Waals surface area (Å²) in [5.41, 5.74) is 2.86. The van der Waals surface area contributed by atoms with Crippen molar-refractivity contribution in [2.45, 2.75) is 13.5 Å². The predicted octanol–water partition coefficient (Wildman–Crippen LogP) is 3.02. The molecule has 88 valence electrons. The van der Waals surface area contributed by atoms with Crippen LogP contribution in [0.2, 0.25) is 0 Å². The van der Waals surface area contributed by atoms with E-state index in [9.17, 15) is 10.2 Å². The van der Waals surface area contributed by atoms with E-state index in [4.69, 9.17) is 0 Å². The van der Waals surface area contributed by atoms with Crippen molar-refractivity contribution < 1.29 is 10.2 Å². The monoisotopic (exact) mass is 229 g/mol. The second-order valence-electron chi connectivity index (χ2n) is 4.00. The molecule has 2 rings (SSSR count). The fraction of sp³-hybridized carbons (Fsp3) is 0.143. The number of anilines is 1. The molecule has 3 N–H and O–H groups in total. The van der Waals surface area contributed by atoms with Gasteiger partial charge in [0, 0.05) is 17.8 Å². The Hall–Kier alpha value is -2.16. The van der Waals surface area contributed by atoms with E-state index >= 15 is 0 Å².